The lowest BCUT2D eigenvalue weighted by molar-refractivity contribution is -0.0730. The summed E-state index contributed by atoms with van der Waals surface area (Å²) in [5.74, 6) is 0.304. The van der Waals surface area contributed by atoms with Crippen LogP contribution < -0.4 is 5.32 Å². The minimum atomic E-state index is -0.226. The van der Waals surface area contributed by atoms with E-state index in [1.54, 1.807) is 6.07 Å². The number of nitrogens with one attached hydrogen (secondary N) is 1. The lowest BCUT2D eigenvalue weighted by atomic mass is 9.64. The van der Waals surface area contributed by atoms with Crippen molar-refractivity contribution in [1.82, 2.24) is 5.32 Å². The number of hydrogen-bond donors (Lipinski definition) is 3. The second-order valence-electron chi connectivity index (χ2n) is 5.28. The van der Waals surface area contributed by atoms with E-state index in [2.05, 4.69) is 35.1 Å². The van der Waals surface area contributed by atoms with Crippen molar-refractivity contribution < 1.29 is 10.2 Å². The molecular weight excluding hydrogens is 282 g/mol. The highest BCUT2D eigenvalue weighted by molar-refractivity contribution is 9.10. The number of aliphatic hydroxyl groups is 1. The lowest BCUT2D eigenvalue weighted by Crippen LogP contribution is -2.59. The van der Waals surface area contributed by atoms with E-state index in [4.69, 9.17) is 0 Å². The number of aliphatic hydroxyl groups excluding tert-OH is 1. The largest absolute Gasteiger partial charge is 0.508 e. The van der Waals surface area contributed by atoms with Crippen LogP contribution in [-0.4, -0.2) is 22.4 Å². The molecule has 3 N–H and O–H groups in total. The number of phenolic OH excluding ortho intramolecular Hbond substituents is 1. The van der Waals surface area contributed by atoms with Crippen molar-refractivity contribution in [2.24, 2.45) is 5.41 Å². The van der Waals surface area contributed by atoms with Gasteiger partial charge < -0.3 is 15.5 Å². The fraction of sp³-hybridized carbons (Fsp3) is 0.538. The second-order valence-corrected chi connectivity index (χ2v) is 6.20. The molecule has 1 fully saturated rings. The van der Waals surface area contributed by atoms with Crippen molar-refractivity contribution in [1.29, 1.82) is 0 Å². The Hall–Kier alpha value is -0.580. The average molecular weight is 300 g/mol. The third-order valence-corrected chi connectivity index (χ3v) is 4.29. The summed E-state index contributed by atoms with van der Waals surface area (Å²) in [7, 11) is 0. The van der Waals surface area contributed by atoms with Crippen LogP contribution in [0.15, 0.2) is 22.7 Å². The highest BCUT2D eigenvalue weighted by atomic mass is 79.9. The van der Waals surface area contributed by atoms with E-state index in [9.17, 15) is 10.2 Å². The Balaban J connectivity index is 1.97. The quantitative estimate of drug-likeness (QED) is 0.803. The number of aromatic hydroxyl groups is 1. The molecule has 4 heteroatoms. The highest BCUT2D eigenvalue weighted by Crippen LogP contribution is 2.40. The van der Waals surface area contributed by atoms with Crippen molar-refractivity contribution in [3.63, 3.8) is 0 Å². The van der Waals surface area contributed by atoms with Crippen LogP contribution in [0.2, 0.25) is 0 Å². The zero-order valence-corrected chi connectivity index (χ0v) is 11.7. The summed E-state index contributed by atoms with van der Waals surface area (Å²) < 4.78 is 0.958. The van der Waals surface area contributed by atoms with Gasteiger partial charge in [-0.25, -0.2) is 0 Å². The Bertz CT molecular complexity index is 420. The summed E-state index contributed by atoms with van der Waals surface area (Å²) in [5, 5.41) is 22.7. The van der Waals surface area contributed by atoms with E-state index in [1.165, 1.54) is 0 Å². The SMILES string of the molecule is CC1(C)C(O)CC1NCc1cc(Br)ccc1O. The summed E-state index contributed by atoms with van der Waals surface area (Å²) in [5.41, 5.74) is 0.790. The predicted molar refractivity (Wildman–Crippen MR) is 70.8 cm³/mol. The van der Waals surface area contributed by atoms with E-state index in [1.807, 2.05) is 12.1 Å². The smallest absolute Gasteiger partial charge is 0.120 e. The summed E-state index contributed by atoms with van der Waals surface area (Å²) in [4.78, 5) is 0. The second kappa shape index (κ2) is 4.59. The fourth-order valence-corrected chi connectivity index (χ4v) is 2.59. The van der Waals surface area contributed by atoms with Crippen molar-refractivity contribution in [2.75, 3.05) is 0 Å². The molecule has 0 bridgehead atoms. The lowest BCUT2D eigenvalue weighted by Gasteiger charge is -2.49. The van der Waals surface area contributed by atoms with Gasteiger partial charge in [-0.05, 0) is 24.6 Å². The number of hydrogen-bond acceptors (Lipinski definition) is 3. The van der Waals surface area contributed by atoms with Crippen LogP contribution >= 0.6 is 15.9 Å². The van der Waals surface area contributed by atoms with E-state index < -0.39 is 0 Å². The summed E-state index contributed by atoms with van der Waals surface area (Å²) in [6, 6.07) is 5.71. The first-order valence-electron chi connectivity index (χ1n) is 5.80. The van der Waals surface area contributed by atoms with Crippen LogP contribution in [-0.2, 0) is 6.54 Å². The summed E-state index contributed by atoms with van der Waals surface area (Å²) in [6.07, 6.45) is 0.554. The number of halogens is 1. The van der Waals surface area contributed by atoms with Crippen LogP contribution in [0.25, 0.3) is 0 Å². The van der Waals surface area contributed by atoms with Gasteiger partial charge in [-0.2, -0.15) is 0 Å². The molecule has 0 spiro atoms. The van der Waals surface area contributed by atoms with Gasteiger partial charge in [0.05, 0.1) is 6.10 Å². The Morgan fingerprint density at radius 1 is 1.47 bits per heavy atom. The minimum Gasteiger partial charge on any atom is -0.508 e. The van der Waals surface area contributed by atoms with Gasteiger partial charge in [-0.1, -0.05) is 29.8 Å². The third kappa shape index (κ3) is 2.49. The number of rotatable bonds is 3. The molecule has 2 rings (SSSR count). The molecule has 0 aromatic heterocycles. The molecule has 0 aliphatic heterocycles. The topological polar surface area (TPSA) is 52.5 Å². The maximum atomic E-state index is 9.71. The van der Waals surface area contributed by atoms with E-state index in [-0.39, 0.29) is 11.5 Å². The standard InChI is InChI=1S/C13H18BrNO2/c1-13(2)11(6-12(13)17)15-7-8-5-9(14)3-4-10(8)16/h3-5,11-12,15-17H,6-7H2,1-2H3. The van der Waals surface area contributed by atoms with Gasteiger partial charge in [0, 0.05) is 28.0 Å². The zero-order valence-electron chi connectivity index (χ0n) is 10.1. The van der Waals surface area contributed by atoms with Crippen molar-refractivity contribution in [3.8, 4) is 5.75 Å². The maximum Gasteiger partial charge on any atom is 0.120 e. The molecule has 2 unspecified atom stereocenters. The first-order valence-corrected chi connectivity index (χ1v) is 6.59. The molecule has 3 nitrogen and oxygen atoms in total. The summed E-state index contributed by atoms with van der Waals surface area (Å²) >= 11 is 3.39. The first-order chi connectivity index (χ1) is 7.91. The molecule has 0 radical (unpaired) electrons. The fourth-order valence-electron chi connectivity index (χ4n) is 2.18. The third-order valence-electron chi connectivity index (χ3n) is 3.80. The molecule has 2 atom stereocenters. The molecule has 1 aromatic rings. The van der Waals surface area contributed by atoms with Crippen LogP contribution in [0.3, 0.4) is 0 Å². The van der Waals surface area contributed by atoms with Crippen LogP contribution in [0.4, 0.5) is 0 Å². The monoisotopic (exact) mass is 299 g/mol. The zero-order chi connectivity index (χ0) is 12.6. The van der Waals surface area contributed by atoms with Crippen molar-refractivity contribution >= 4 is 15.9 Å². The molecule has 0 saturated heterocycles. The molecular formula is C13H18BrNO2. The average Bonchev–Trinajstić information content (AvgIpc) is 2.28. The highest BCUT2D eigenvalue weighted by Gasteiger charge is 2.46. The van der Waals surface area contributed by atoms with Crippen molar-refractivity contribution in [3.05, 3.63) is 28.2 Å². The molecule has 1 aromatic carbocycles. The van der Waals surface area contributed by atoms with Gasteiger partial charge in [0.25, 0.3) is 0 Å². The molecule has 17 heavy (non-hydrogen) atoms. The molecule has 0 amide bonds. The van der Waals surface area contributed by atoms with E-state index >= 15 is 0 Å². The molecule has 1 saturated carbocycles. The number of benzene rings is 1. The Morgan fingerprint density at radius 3 is 2.76 bits per heavy atom. The van der Waals surface area contributed by atoms with E-state index in [0.717, 1.165) is 16.5 Å². The van der Waals surface area contributed by atoms with Gasteiger partial charge >= 0.3 is 0 Å². The number of phenols is 1. The van der Waals surface area contributed by atoms with Gasteiger partial charge in [0.15, 0.2) is 0 Å². The first kappa shape index (κ1) is 12.9. The van der Waals surface area contributed by atoms with Gasteiger partial charge in [-0.15, -0.1) is 0 Å². The van der Waals surface area contributed by atoms with Crippen molar-refractivity contribution in [2.45, 2.75) is 39.0 Å². The Kier molecular flexibility index (Phi) is 3.48. The molecule has 1 aliphatic carbocycles. The van der Waals surface area contributed by atoms with Gasteiger partial charge in [0.2, 0.25) is 0 Å². The molecule has 1 aliphatic rings. The van der Waals surface area contributed by atoms with Gasteiger partial charge in [-0.3, -0.25) is 0 Å². The van der Waals surface area contributed by atoms with Gasteiger partial charge in [0.1, 0.15) is 5.75 Å². The summed E-state index contributed by atoms with van der Waals surface area (Å²) in [6.45, 7) is 4.73. The Labute approximate surface area is 110 Å². The van der Waals surface area contributed by atoms with Crippen LogP contribution in [0.1, 0.15) is 25.8 Å². The predicted octanol–water partition coefficient (Wildman–Crippen LogP) is 2.40. The van der Waals surface area contributed by atoms with Crippen LogP contribution in [0.5, 0.6) is 5.75 Å². The molecule has 0 heterocycles. The minimum absolute atomic E-state index is 0.0817. The normalized spacial score (nSPS) is 26.6. The Morgan fingerprint density at radius 2 is 2.18 bits per heavy atom. The van der Waals surface area contributed by atoms with Crippen LogP contribution in [0, 0.1) is 5.41 Å². The maximum absolute atomic E-state index is 9.71. The van der Waals surface area contributed by atoms with E-state index in [0.29, 0.717) is 18.3 Å². The molecule has 94 valence electrons.